The van der Waals surface area contributed by atoms with Crippen LogP contribution in [-0.2, 0) is 23.0 Å². The van der Waals surface area contributed by atoms with Gasteiger partial charge in [-0.05, 0) is 19.3 Å². The summed E-state index contributed by atoms with van der Waals surface area (Å²) in [5, 5.41) is 4.36. The number of aromatic nitrogens is 3. The number of rotatable bonds is 6. The van der Waals surface area contributed by atoms with E-state index < -0.39 is 0 Å². The average Bonchev–Trinajstić information content (AvgIpc) is 2.60. The van der Waals surface area contributed by atoms with E-state index in [2.05, 4.69) is 23.9 Å². The third-order valence-corrected chi connectivity index (χ3v) is 2.72. The summed E-state index contributed by atoms with van der Waals surface area (Å²) in [6.45, 7) is 8.41. The Hall–Kier alpha value is -1.39. The molecule has 0 spiro atoms. The van der Waals surface area contributed by atoms with Crippen LogP contribution in [0.2, 0.25) is 0 Å². The second-order valence-corrected chi connectivity index (χ2v) is 4.82. The molecule has 0 saturated heterocycles. The molecule has 1 unspecified atom stereocenters. The zero-order valence-corrected chi connectivity index (χ0v) is 11.9. The molecule has 0 aliphatic rings. The van der Waals surface area contributed by atoms with E-state index in [0.29, 0.717) is 24.8 Å². The van der Waals surface area contributed by atoms with Gasteiger partial charge in [0.25, 0.3) is 0 Å². The van der Waals surface area contributed by atoms with Gasteiger partial charge >= 0.3 is 5.97 Å². The Balaban J connectivity index is 2.92. The molecule has 1 atom stereocenters. The predicted molar refractivity (Wildman–Crippen MR) is 69.2 cm³/mol. The van der Waals surface area contributed by atoms with Gasteiger partial charge in [0.05, 0.1) is 6.61 Å². The van der Waals surface area contributed by atoms with Crippen molar-refractivity contribution in [3.63, 3.8) is 0 Å². The maximum atomic E-state index is 11.9. The first-order chi connectivity index (χ1) is 8.49. The van der Waals surface area contributed by atoms with Gasteiger partial charge in [0.15, 0.2) is 5.82 Å². The molecule has 1 heterocycles. The summed E-state index contributed by atoms with van der Waals surface area (Å²) in [5.74, 6) is 1.47. The average molecular weight is 253 g/mol. The summed E-state index contributed by atoms with van der Waals surface area (Å²) in [7, 11) is 1.83. The number of carbonyl (C=O) groups is 1. The van der Waals surface area contributed by atoms with Gasteiger partial charge in [-0.2, -0.15) is 5.10 Å². The molecule has 102 valence electrons. The Labute approximate surface area is 109 Å². The third-order valence-electron chi connectivity index (χ3n) is 2.72. The highest BCUT2D eigenvalue weighted by molar-refractivity contribution is 5.76. The molecule has 5 heteroatoms. The Morgan fingerprint density at radius 3 is 2.56 bits per heavy atom. The molecule has 0 bridgehead atoms. The smallest absolute Gasteiger partial charge is 0.316 e. The van der Waals surface area contributed by atoms with Gasteiger partial charge in [0, 0.05) is 13.5 Å². The zero-order valence-electron chi connectivity index (χ0n) is 11.9. The molecule has 0 radical (unpaired) electrons. The topological polar surface area (TPSA) is 57.0 Å². The van der Waals surface area contributed by atoms with Crippen LogP contribution in [0.1, 0.15) is 51.7 Å². The van der Waals surface area contributed by atoms with Gasteiger partial charge in [-0.15, -0.1) is 0 Å². The summed E-state index contributed by atoms with van der Waals surface area (Å²) >= 11 is 0. The second-order valence-electron chi connectivity index (χ2n) is 4.82. The van der Waals surface area contributed by atoms with Crippen molar-refractivity contribution < 1.29 is 9.53 Å². The van der Waals surface area contributed by atoms with E-state index in [0.717, 1.165) is 12.2 Å². The van der Waals surface area contributed by atoms with Crippen molar-refractivity contribution in [2.24, 2.45) is 13.0 Å². The quantitative estimate of drug-likeness (QED) is 0.728. The molecule has 1 rings (SSSR count). The van der Waals surface area contributed by atoms with Crippen molar-refractivity contribution in [1.82, 2.24) is 14.8 Å². The minimum atomic E-state index is -0.316. The van der Waals surface area contributed by atoms with Crippen molar-refractivity contribution in [3.05, 3.63) is 11.6 Å². The first kappa shape index (κ1) is 14.7. The molecule has 0 saturated carbocycles. The minimum absolute atomic E-state index is 0.216. The lowest BCUT2D eigenvalue weighted by Crippen LogP contribution is -2.19. The number of hydrogen-bond acceptors (Lipinski definition) is 4. The van der Waals surface area contributed by atoms with Crippen LogP contribution in [0, 0.1) is 5.92 Å². The van der Waals surface area contributed by atoms with Crippen molar-refractivity contribution in [3.8, 4) is 0 Å². The highest BCUT2D eigenvalue weighted by Crippen LogP contribution is 2.19. The Bertz CT molecular complexity index is 399. The summed E-state index contributed by atoms with van der Waals surface area (Å²) in [6.07, 6.45) is 1.50. The SMILES string of the molecule is CCOC(=O)C(CC)c1nc(CC(C)C)nn1C. The van der Waals surface area contributed by atoms with Crippen LogP contribution in [0.5, 0.6) is 0 Å². The standard InChI is InChI=1S/C13H23N3O2/c1-6-10(13(17)18-7-2)12-14-11(8-9(3)4)15-16(12)5/h9-10H,6-8H2,1-5H3. The van der Waals surface area contributed by atoms with Gasteiger partial charge in [0.2, 0.25) is 0 Å². The normalized spacial score (nSPS) is 12.8. The number of nitrogens with zero attached hydrogens (tertiary/aromatic N) is 3. The maximum Gasteiger partial charge on any atom is 0.316 e. The summed E-state index contributed by atoms with van der Waals surface area (Å²) < 4.78 is 6.77. The number of aryl methyl sites for hydroxylation is 1. The van der Waals surface area contributed by atoms with Crippen LogP contribution >= 0.6 is 0 Å². The molecular formula is C13H23N3O2. The van der Waals surface area contributed by atoms with Gasteiger partial charge in [-0.3, -0.25) is 9.48 Å². The summed E-state index contributed by atoms with van der Waals surface area (Å²) in [5.41, 5.74) is 0. The minimum Gasteiger partial charge on any atom is -0.465 e. The molecule has 1 aromatic rings. The van der Waals surface area contributed by atoms with E-state index in [4.69, 9.17) is 4.74 Å². The van der Waals surface area contributed by atoms with E-state index in [-0.39, 0.29) is 11.9 Å². The van der Waals surface area contributed by atoms with E-state index >= 15 is 0 Å². The lowest BCUT2D eigenvalue weighted by molar-refractivity contribution is -0.145. The predicted octanol–water partition coefficient (Wildman–Crippen LogP) is 2.07. The molecular weight excluding hydrogens is 230 g/mol. The molecule has 0 N–H and O–H groups in total. The fraction of sp³-hybridized carbons (Fsp3) is 0.769. The van der Waals surface area contributed by atoms with Crippen molar-refractivity contribution in [2.75, 3.05) is 6.61 Å². The molecule has 0 aliphatic heterocycles. The lowest BCUT2D eigenvalue weighted by atomic mass is 10.1. The van der Waals surface area contributed by atoms with Crippen LogP contribution in [-0.4, -0.2) is 27.3 Å². The van der Waals surface area contributed by atoms with Crippen molar-refractivity contribution in [1.29, 1.82) is 0 Å². The van der Waals surface area contributed by atoms with E-state index in [1.165, 1.54) is 0 Å². The Morgan fingerprint density at radius 2 is 2.06 bits per heavy atom. The van der Waals surface area contributed by atoms with Crippen molar-refractivity contribution in [2.45, 2.75) is 46.5 Å². The largest absolute Gasteiger partial charge is 0.465 e. The highest BCUT2D eigenvalue weighted by Gasteiger charge is 2.25. The number of hydrogen-bond donors (Lipinski definition) is 0. The zero-order chi connectivity index (χ0) is 13.7. The van der Waals surface area contributed by atoms with Crippen LogP contribution < -0.4 is 0 Å². The summed E-state index contributed by atoms with van der Waals surface area (Å²) in [4.78, 5) is 16.3. The fourth-order valence-electron chi connectivity index (χ4n) is 1.90. The van der Waals surface area contributed by atoms with Gasteiger partial charge in [-0.25, -0.2) is 4.98 Å². The monoisotopic (exact) mass is 253 g/mol. The maximum absolute atomic E-state index is 11.9. The Morgan fingerprint density at radius 1 is 1.39 bits per heavy atom. The summed E-state index contributed by atoms with van der Waals surface area (Å²) in [6, 6.07) is 0. The van der Waals surface area contributed by atoms with Crippen molar-refractivity contribution >= 4 is 5.97 Å². The first-order valence-electron chi connectivity index (χ1n) is 6.55. The molecule has 18 heavy (non-hydrogen) atoms. The van der Waals surface area contributed by atoms with E-state index in [1.54, 1.807) is 4.68 Å². The van der Waals surface area contributed by atoms with Gasteiger partial charge < -0.3 is 4.74 Å². The number of carbonyl (C=O) groups excluding carboxylic acids is 1. The van der Waals surface area contributed by atoms with E-state index in [1.807, 2.05) is 20.9 Å². The molecule has 0 aromatic carbocycles. The molecule has 0 amide bonds. The molecule has 1 aromatic heterocycles. The first-order valence-corrected chi connectivity index (χ1v) is 6.55. The molecule has 0 fully saturated rings. The number of esters is 1. The second kappa shape index (κ2) is 6.52. The van der Waals surface area contributed by atoms with Crippen LogP contribution in [0.25, 0.3) is 0 Å². The van der Waals surface area contributed by atoms with Gasteiger partial charge in [0.1, 0.15) is 11.7 Å². The van der Waals surface area contributed by atoms with Gasteiger partial charge in [-0.1, -0.05) is 20.8 Å². The Kier molecular flexibility index (Phi) is 5.31. The molecule has 5 nitrogen and oxygen atoms in total. The van der Waals surface area contributed by atoms with Crippen LogP contribution in [0.4, 0.5) is 0 Å². The van der Waals surface area contributed by atoms with E-state index in [9.17, 15) is 4.79 Å². The third kappa shape index (κ3) is 3.55. The molecule has 0 aliphatic carbocycles. The fourth-order valence-corrected chi connectivity index (χ4v) is 1.90. The van der Waals surface area contributed by atoms with Crippen LogP contribution in [0.15, 0.2) is 0 Å². The highest BCUT2D eigenvalue weighted by atomic mass is 16.5. The number of ether oxygens (including phenoxy) is 1. The lowest BCUT2D eigenvalue weighted by Gasteiger charge is -2.11. The van der Waals surface area contributed by atoms with Crippen LogP contribution in [0.3, 0.4) is 0 Å².